The van der Waals surface area contributed by atoms with Gasteiger partial charge in [0, 0.05) is 39.8 Å². The van der Waals surface area contributed by atoms with Gasteiger partial charge < -0.3 is 15.2 Å². The predicted molar refractivity (Wildman–Crippen MR) is 100 cm³/mol. The molecule has 0 aliphatic carbocycles. The molecule has 2 aromatic rings. The SMILES string of the molecule is Cl.Cn1c(=O)c2c(ncn2CCN2CCC(N)C(C)(C)C2)n(C)c1=O. The first kappa shape index (κ1) is 19.7. The number of hydrogen-bond donors (Lipinski definition) is 1. The average Bonchev–Trinajstić information content (AvgIpc) is 2.96. The highest BCUT2D eigenvalue weighted by Gasteiger charge is 2.33. The summed E-state index contributed by atoms with van der Waals surface area (Å²) in [6.07, 6.45) is 2.63. The molecular formula is C16H27ClN6O2. The molecule has 1 saturated heterocycles. The molecule has 1 atom stereocenters. The van der Waals surface area contributed by atoms with Gasteiger partial charge in [0.05, 0.1) is 6.33 Å². The summed E-state index contributed by atoms with van der Waals surface area (Å²) in [5, 5.41) is 0. The van der Waals surface area contributed by atoms with Gasteiger partial charge in [0.25, 0.3) is 5.56 Å². The lowest BCUT2D eigenvalue weighted by molar-refractivity contribution is 0.0928. The van der Waals surface area contributed by atoms with Crippen LogP contribution in [0.2, 0.25) is 0 Å². The molecule has 0 spiro atoms. The van der Waals surface area contributed by atoms with Gasteiger partial charge in [-0.3, -0.25) is 13.9 Å². The molecule has 1 unspecified atom stereocenters. The van der Waals surface area contributed by atoms with E-state index in [1.165, 1.54) is 11.6 Å². The van der Waals surface area contributed by atoms with E-state index in [2.05, 4.69) is 23.7 Å². The fourth-order valence-electron chi connectivity index (χ4n) is 3.49. The van der Waals surface area contributed by atoms with Crippen LogP contribution in [-0.4, -0.2) is 49.3 Å². The van der Waals surface area contributed by atoms with Gasteiger partial charge in [-0.15, -0.1) is 12.4 Å². The van der Waals surface area contributed by atoms with Crippen molar-refractivity contribution < 1.29 is 0 Å². The Morgan fingerprint density at radius 1 is 1.24 bits per heavy atom. The zero-order chi connectivity index (χ0) is 17.6. The molecule has 1 fully saturated rings. The highest BCUT2D eigenvalue weighted by molar-refractivity contribution is 5.85. The predicted octanol–water partition coefficient (Wildman–Crippen LogP) is -0.0853. The van der Waals surface area contributed by atoms with Crippen LogP contribution >= 0.6 is 12.4 Å². The molecule has 9 heteroatoms. The fraction of sp³-hybridized carbons (Fsp3) is 0.688. The monoisotopic (exact) mass is 370 g/mol. The number of likely N-dealkylation sites (tertiary alicyclic amines) is 1. The summed E-state index contributed by atoms with van der Waals surface area (Å²) in [5.74, 6) is 0. The van der Waals surface area contributed by atoms with Crippen LogP contribution in [0.1, 0.15) is 20.3 Å². The van der Waals surface area contributed by atoms with Gasteiger partial charge >= 0.3 is 5.69 Å². The number of nitrogens with zero attached hydrogens (tertiary/aromatic N) is 5. The van der Waals surface area contributed by atoms with Crippen molar-refractivity contribution in [2.24, 2.45) is 25.2 Å². The molecule has 2 N–H and O–H groups in total. The van der Waals surface area contributed by atoms with Crippen LogP contribution < -0.4 is 17.0 Å². The third kappa shape index (κ3) is 3.38. The summed E-state index contributed by atoms with van der Waals surface area (Å²) in [5.41, 5.74) is 6.54. The lowest BCUT2D eigenvalue weighted by Gasteiger charge is -2.42. The number of aromatic nitrogens is 4. The quantitative estimate of drug-likeness (QED) is 0.815. The van der Waals surface area contributed by atoms with Crippen LogP contribution in [0.3, 0.4) is 0 Å². The van der Waals surface area contributed by atoms with Crippen molar-refractivity contribution >= 4 is 23.6 Å². The summed E-state index contributed by atoms with van der Waals surface area (Å²) >= 11 is 0. The Morgan fingerprint density at radius 2 is 1.92 bits per heavy atom. The van der Waals surface area contributed by atoms with Crippen LogP contribution in [0, 0.1) is 5.41 Å². The normalized spacial score (nSPS) is 20.6. The van der Waals surface area contributed by atoms with E-state index in [-0.39, 0.29) is 35.1 Å². The molecule has 3 rings (SSSR count). The molecule has 0 amide bonds. The molecule has 3 heterocycles. The molecule has 8 nitrogen and oxygen atoms in total. The van der Waals surface area contributed by atoms with Gasteiger partial charge in [-0.2, -0.15) is 0 Å². The smallest absolute Gasteiger partial charge is 0.327 e. The topological polar surface area (TPSA) is 91.1 Å². The first-order chi connectivity index (χ1) is 11.2. The summed E-state index contributed by atoms with van der Waals surface area (Å²) in [6, 6.07) is 0.227. The Morgan fingerprint density at radius 3 is 2.56 bits per heavy atom. The van der Waals surface area contributed by atoms with Gasteiger partial charge in [0.2, 0.25) is 0 Å². The number of imidazole rings is 1. The molecule has 0 bridgehead atoms. The van der Waals surface area contributed by atoms with Crippen molar-refractivity contribution in [2.45, 2.75) is 32.9 Å². The molecule has 0 aromatic carbocycles. The number of nitrogens with two attached hydrogens (primary N) is 1. The Hall–Kier alpha value is -1.64. The van der Waals surface area contributed by atoms with Gasteiger partial charge in [0.1, 0.15) is 0 Å². The van der Waals surface area contributed by atoms with E-state index in [9.17, 15) is 9.59 Å². The zero-order valence-electron chi connectivity index (χ0n) is 15.2. The third-order valence-electron chi connectivity index (χ3n) is 5.27. The van der Waals surface area contributed by atoms with E-state index in [4.69, 9.17) is 5.73 Å². The molecule has 0 saturated carbocycles. The van der Waals surface area contributed by atoms with Crippen LogP contribution in [0.25, 0.3) is 11.2 Å². The number of halogens is 1. The fourth-order valence-corrected chi connectivity index (χ4v) is 3.49. The maximum Gasteiger partial charge on any atom is 0.332 e. The maximum absolute atomic E-state index is 12.4. The third-order valence-corrected chi connectivity index (χ3v) is 5.27. The minimum atomic E-state index is -0.357. The summed E-state index contributed by atoms with van der Waals surface area (Å²) in [7, 11) is 3.13. The summed E-state index contributed by atoms with van der Waals surface area (Å²) in [4.78, 5) is 31.1. The maximum atomic E-state index is 12.4. The molecule has 140 valence electrons. The highest BCUT2D eigenvalue weighted by atomic mass is 35.5. The largest absolute Gasteiger partial charge is 0.332 e. The second-order valence-electron chi connectivity index (χ2n) is 7.48. The minimum absolute atomic E-state index is 0. The van der Waals surface area contributed by atoms with E-state index in [0.717, 1.165) is 30.6 Å². The number of aryl methyl sites for hydroxylation is 1. The second-order valence-corrected chi connectivity index (χ2v) is 7.48. The number of piperidine rings is 1. The van der Waals surface area contributed by atoms with E-state index in [1.807, 2.05) is 4.57 Å². The van der Waals surface area contributed by atoms with E-state index in [0.29, 0.717) is 17.7 Å². The molecule has 1 aliphatic rings. The zero-order valence-corrected chi connectivity index (χ0v) is 16.0. The molecule has 25 heavy (non-hydrogen) atoms. The van der Waals surface area contributed by atoms with E-state index < -0.39 is 0 Å². The Bertz CT molecular complexity index is 881. The lowest BCUT2D eigenvalue weighted by atomic mass is 9.80. The Balaban J connectivity index is 0.00000225. The van der Waals surface area contributed by atoms with Crippen molar-refractivity contribution in [3.63, 3.8) is 0 Å². The van der Waals surface area contributed by atoms with Crippen molar-refractivity contribution in [2.75, 3.05) is 19.6 Å². The van der Waals surface area contributed by atoms with Gasteiger partial charge in [-0.25, -0.2) is 9.78 Å². The van der Waals surface area contributed by atoms with Crippen molar-refractivity contribution in [1.82, 2.24) is 23.6 Å². The molecule has 1 aliphatic heterocycles. The van der Waals surface area contributed by atoms with Crippen molar-refractivity contribution in [3.8, 4) is 0 Å². The lowest BCUT2D eigenvalue weighted by Crippen LogP contribution is -2.52. The van der Waals surface area contributed by atoms with Gasteiger partial charge in [-0.05, 0) is 18.4 Å². The molecule has 2 aromatic heterocycles. The average molecular weight is 371 g/mol. The van der Waals surface area contributed by atoms with E-state index >= 15 is 0 Å². The van der Waals surface area contributed by atoms with Gasteiger partial charge in [0.15, 0.2) is 11.2 Å². The Kier molecular flexibility index (Phi) is 5.46. The van der Waals surface area contributed by atoms with E-state index in [1.54, 1.807) is 13.4 Å². The first-order valence-corrected chi connectivity index (χ1v) is 8.31. The van der Waals surface area contributed by atoms with Crippen LogP contribution in [0.4, 0.5) is 0 Å². The summed E-state index contributed by atoms with van der Waals surface area (Å²) < 4.78 is 4.39. The van der Waals surface area contributed by atoms with Crippen LogP contribution in [0.15, 0.2) is 15.9 Å². The summed E-state index contributed by atoms with van der Waals surface area (Å²) in [6.45, 7) is 7.79. The standard InChI is InChI=1S/C16H26N6O2.ClH/c1-16(2)9-21(6-5-11(16)17)7-8-22-10-18-13-12(22)14(23)20(4)15(24)19(13)3;/h10-11H,5-9,17H2,1-4H3;1H. The molecular weight excluding hydrogens is 344 g/mol. The second kappa shape index (κ2) is 6.93. The molecule has 0 radical (unpaired) electrons. The number of fused-ring (bicyclic) bond motifs is 1. The van der Waals surface area contributed by atoms with Crippen molar-refractivity contribution in [3.05, 3.63) is 27.2 Å². The highest BCUT2D eigenvalue weighted by Crippen LogP contribution is 2.27. The number of hydrogen-bond acceptors (Lipinski definition) is 5. The first-order valence-electron chi connectivity index (χ1n) is 8.31. The van der Waals surface area contributed by atoms with Gasteiger partial charge in [-0.1, -0.05) is 13.8 Å². The van der Waals surface area contributed by atoms with Crippen LogP contribution in [-0.2, 0) is 20.6 Å². The Labute approximate surface area is 152 Å². The van der Waals surface area contributed by atoms with Crippen LogP contribution in [0.5, 0.6) is 0 Å². The number of rotatable bonds is 3. The van der Waals surface area contributed by atoms with Crippen molar-refractivity contribution in [1.29, 1.82) is 0 Å². The minimum Gasteiger partial charge on any atom is -0.327 e.